The standard InChI is InChI=1S/C23H28N8.K/c1-2-7-22-24-19-9-4-6-11-21(19)31(22)17-14-29-12-15-30(16-13-29)20-10-5-3-8-18(20)23-25-27-28-26-23;/h3-6,8-11H,2,7,12-17H2,1H3,(H,25,26,27,28);/q;+1. The topological polar surface area (TPSA) is 78.8 Å². The second kappa shape index (κ2) is 11.0. The molecule has 8 nitrogen and oxygen atoms in total. The van der Waals surface area contributed by atoms with Crippen molar-refractivity contribution in [2.24, 2.45) is 0 Å². The first-order valence-electron chi connectivity index (χ1n) is 11.1. The van der Waals surface area contributed by atoms with Gasteiger partial charge in [-0.25, -0.2) is 4.98 Å². The van der Waals surface area contributed by atoms with Crippen molar-refractivity contribution in [1.29, 1.82) is 0 Å². The van der Waals surface area contributed by atoms with Gasteiger partial charge in [-0.15, -0.1) is 10.2 Å². The summed E-state index contributed by atoms with van der Waals surface area (Å²) < 4.78 is 2.41. The van der Waals surface area contributed by atoms with Crippen molar-refractivity contribution in [1.82, 2.24) is 35.1 Å². The van der Waals surface area contributed by atoms with Crippen LogP contribution in [0.25, 0.3) is 22.4 Å². The molecule has 0 unspecified atom stereocenters. The van der Waals surface area contributed by atoms with E-state index in [0.29, 0.717) is 5.82 Å². The van der Waals surface area contributed by atoms with Crippen LogP contribution in [0.2, 0.25) is 0 Å². The first kappa shape index (κ1) is 23.5. The van der Waals surface area contributed by atoms with Gasteiger partial charge in [0, 0.05) is 56.9 Å². The molecule has 3 heterocycles. The second-order valence-electron chi connectivity index (χ2n) is 8.00. The zero-order valence-electron chi connectivity index (χ0n) is 18.9. The second-order valence-corrected chi connectivity index (χ2v) is 8.00. The fourth-order valence-electron chi connectivity index (χ4n) is 4.46. The van der Waals surface area contributed by atoms with Crippen molar-refractivity contribution < 1.29 is 51.4 Å². The summed E-state index contributed by atoms with van der Waals surface area (Å²) in [5.41, 5.74) is 4.56. The number of nitrogens with one attached hydrogen (secondary N) is 1. The number of nitrogens with zero attached hydrogens (tertiary/aromatic N) is 7. The molecule has 2 aromatic carbocycles. The minimum Gasteiger partial charge on any atom is -0.368 e. The van der Waals surface area contributed by atoms with Crippen molar-refractivity contribution in [2.45, 2.75) is 26.3 Å². The number of benzene rings is 2. The summed E-state index contributed by atoms with van der Waals surface area (Å²) in [5.74, 6) is 1.85. The maximum Gasteiger partial charge on any atom is 1.00 e. The van der Waals surface area contributed by atoms with E-state index in [2.05, 4.69) is 84.4 Å². The Bertz CT molecular complexity index is 1130. The molecule has 5 rings (SSSR count). The van der Waals surface area contributed by atoms with E-state index in [9.17, 15) is 0 Å². The summed E-state index contributed by atoms with van der Waals surface area (Å²) in [7, 11) is 0. The Hall–Kier alpha value is -1.62. The van der Waals surface area contributed by atoms with Gasteiger partial charge in [-0.2, -0.15) is 5.21 Å². The van der Waals surface area contributed by atoms with Crippen LogP contribution in [0.15, 0.2) is 48.5 Å². The van der Waals surface area contributed by atoms with Gasteiger partial charge in [0.05, 0.1) is 11.0 Å². The largest absolute Gasteiger partial charge is 1.00 e. The number of aromatic nitrogens is 6. The number of tetrazole rings is 1. The summed E-state index contributed by atoms with van der Waals surface area (Å²) in [4.78, 5) is 9.85. The van der Waals surface area contributed by atoms with Gasteiger partial charge in [-0.1, -0.05) is 31.2 Å². The first-order valence-corrected chi connectivity index (χ1v) is 11.1. The molecule has 0 radical (unpaired) electrons. The van der Waals surface area contributed by atoms with Crippen LogP contribution < -0.4 is 56.3 Å². The van der Waals surface area contributed by atoms with Crippen LogP contribution in [-0.4, -0.2) is 67.8 Å². The number of hydrogen-bond acceptors (Lipinski definition) is 6. The van der Waals surface area contributed by atoms with Crippen molar-refractivity contribution in [2.75, 3.05) is 37.6 Å². The number of hydrogen-bond donors (Lipinski definition) is 1. The number of aryl methyl sites for hydroxylation is 1. The van der Waals surface area contributed by atoms with E-state index < -0.39 is 0 Å². The number of imidazole rings is 1. The van der Waals surface area contributed by atoms with Gasteiger partial charge in [-0.05, 0) is 35.9 Å². The molecular weight excluding hydrogens is 427 g/mol. The van der Waals surface area contributed by atoms with Gasteiger partial charge in [0.2, 0.25) is 5.82 Å². The summed E-state index contributed by atoms with van der Waals surface area (Å²) in [6, 6.07) is 16.8. The summed E-state index contributed by atoms with van der Waals surface area (Å²) in [5, 5.41) is 14.6. The zero-order chi connectivity index (χ0) is 21.0. The molecule has 4 aromatic rings. The quantitative estimate of drug-likeness (QED) is 0.395. The van der Waals surface area contributed by atoms with Crippen LogP contribution in [0.5, 0.6) is 0 Å². The molecule has 0 amide bonds. The molecule has 9 heteroatoms. The zero-order valence-corrected chi connectivity index (χ0v) is 22.0. The van der Waals surface area contributed by atoms with E-state index in [-0.39, 0.29) is 51.4 Å². The molecule has 32 heavy (non-hydrogen) atoms. The molecule has 0 aliphatic carbocycles. The maximum absolute atomic E-state index is 4.87. The first-order chi connectivity index (χ1) is 15.3. The third-order valence-electron chi connectivity index (χ3n) is 6.05. The van der Waals surface area contributed by atoms with Crippen molar-refractivity contribution in [3.05, 3.63) is 54.4 Å². The number of fused-ring (bicyclic) bond motifs is 1. The van der Waals surface area contributed by atoms with Crippen LogP contribution >= 0.6 is 0 Å². The van der Waals surface area contributed by atoms with E-state index in [0.717, 1.165) is 63.2 Å². The number of anilines is 1. The molecule has 0 spiro atoms. The molecule has 0 bridgehead atoms. The van der Waals surface area contributed by atoms with Gasteiger partial charge < -0.3 is 9.47 Å². The molecule has 2 aromatic heterocycles. The molecule has 0 saturated carbocycles. The molecule has 160 valence electrons. The van der Waals surface area contributed by atoms with Crippen LogP contribution in [0, 0.1) is 0 Å². The average molecular weight is 456 g/mol. The van der Waals surface area contributed by atoms with Crippen molar-refractivity contribution in [3.63, 3.8) is 0 Å². The molecule has 1 aliphatic rings. The summed E-state index contributed by atoms with van der Waals surface area (Å²) in [6.45, 7) is 8.29. The van der Waals surface area contributed by atoms with E-state index in [1.807, 2.05) is 6.07 Å². The van der Waals surface area contributed by atoms with E-state index in [1.165, 1.54) is 17.0 Å². The number of piperazine rings is 1. The number of H-pyrrole nitrogens is 1. The predicted molar refractivity (Wildman–Crippen MR) is 122 cm³/mol. The molecule has 1 N–H and O–H groups in total. The Kier molecular flexibility index (Phi) is 8.09. The Morgan fingerprint density at radius 3 is 2.50 bits per heavy atom. The molecule has 0 atom stereocenters. The fourth-order valence-corrected chi connectivity index (χ4v) is 4.46. The van der Waals surface area contributed by atoms with Crippen molar-refractivity contribution >= 4 is 16.7 Å². The molecule has 1 aliphatic heterocycles. The normalized spacial score (nSPS) is 14.6. The predicted octanol–water partition coefficient (Wildman–Crippen LogP) is -0.00490. The molecular formula is C23H28KN8+. The Labute approximate surface area is 230 Å². The summed E-state index contributed by atoms with van der Waals surface area (Å²) >= 11 is 0. The van der Waals surface area contributed by atoms with E-state index in [4.69, 9.17) is 4.98 Å². The average Bonchev–Trinajstić information content (AvgIpc) is 3.47. The number of para-hydroxylation sites is 3. The Morgan fingerprint density at radius 1 is 0.938 bits per heavy atom. The van der Waals surface area contributed by atoms with Crippen LogP contribution in [0.1, 0.15) is 19.2 Å². The third-order valence-corrected chi connectivity index (χ3v) is 6.05. The summed E-state index contributed by atoms with van der Waals surface area (Å²) in [6.07, 6.45) is 2.14. The van der Waals surface area contributed by atoms with Crippen LogP contribution in [-0.2, 0) is 13.0 Å². The minimum absolute atomic E-state index is 0. The van der Waals surface area contributed by atoms with Gasteiger partial charge in [0.15, 0.2) is 0 Å². The number of rotatable bonds is 7. The van der Waals surface area contributed by atoms with E-state index >= 15 is 0 Å². The maximum atomic E-state index is 4.87. The van der Waals surface area contributed by atoms with Gasteiger partial charge in [0.25, 0.3) is 0 Å². The third kappa shape index (κ3) is 4.98. The van der Waals surface area contributed by atoms with Crippen LogP contribution in [0.3, 0.4) is 0 Å². The smallest absolute Gasteiger partial charge is 0.368 e. The molecule has 1 fully saturated rings. The van der Waals surface area contributed by atoms with E-state index in [1.54, 1.807) is 0 Å². The monoisotopic (exact) mass is 455 g/mol. The van der Waals surface area contributed by atoms with Gasteiger partial charge in [-0.3, -0.25) is 4.90 Å². The fraction of sp³-hybridized carbons (Fsp3) is 0.391. The number of aromatic amines is 1. The minimum atomic E-state index is 0. The SMILES string of the molecule is CCCc1nc2ccccc2n1CCN1CCN(c2ccccc2-c2nn[nH]n2)CC1.[K+]. The van der Waals surface area contributed by atoms with Crippen LogP contribution in [0.4, 0.5) is 5.69 Å². The van der Waals surface area contributed by atoms with Gasteiger partial charge in [0.1, 0.15) is 5.82 Å². The Balaban J connectivity index is 0.00000245. The Morgan fingerprint density at radius 2 is 1.72 bits per heavy atom. The van der Waals surface area contributed by atoms with Gasteiger partial charge >= 0.3 is 51.4 Å². The molecule has 1 saturated heterocycles. The van der Waals surface area contributed by atoms with Crippen molar-refractivity contribution in [3.8, 4) is 11.4 Å².